The average Bonchev–Trinajstić information content (AvgIpc) is 3.04. The molecule has 0 bridgehead atoms. The van der Waals surface area contributed by atoms with Crippen LogP contribution in [0.1, 0.15) is 13.8 Å². The molecule has 0 radical (unpaired) electrons. The average molecular weight is 340 g/mol. The van der Waals surface area contributed by atoms with Gasteiger partial charge in [0, 0.05) is 28.0 Å². The number of aromatic nitrogens is 2. The second-order valence-corrected chi connectivity index (χ2v) is 5.95. The number of benzene rings is 3. The third kappa shape index (κ3) is 2.40. The first-order chi connectivity index (χ1) is 12.8. The molecule has 0 atom stereocenters. The van der Waals surface area contributed by atoms with E-state index in [4.69, 9.17) is 0 Å². The zero-order valence-corrected chi connectivity index (χ0v) is 14.9. The summed E-state index contributed by atoms with van der Waals surface area (Å²) in [5.74, 6) is 0. The Morgan fingerprint density at radius 2 is 1.35 bits per heavy atom. The van der Waals surface area contributed by atoms with Gasteiger partial charge in [-0.2, -0.15) is 0 Å². The summed E-state index contributed by atoms with van der Waals surface area (Å²) >= 11 is 0. The van der Waals surface area contributed by atoms with Crippen molar-refractivity contribution < 1.29 is 0 Å². The second-order valence-electron chi connectivity index (χ2n) is 5.95. The van der Waals surface area contributed by atoms with Crippen molar-refractivity contribution in [1.82, 2.24) is 9.55 Å². The van der Waals surface area contributed by atoms with Crippen LogP contribution in [-0.2, 0) is 0 Å². The minimum absolute atomic E-state index is 0.0544. The van der Waals surface area contributed by atoms with Crippen molar-refractivity contribution >= 4 is 32.6 Å². The summed E-state index contributed by atoms with van der Waals surface area (Å²) in [5.41, 5.74) is 3.34. The lowest BCUT2D eigenvalue weighted by Gasteiger charge is -2.09. The van der Waals surface area contributed by atoms with Gasteiger partial charge in [-0.05, 0) is 41.8 Å². The highest BCUT2D eigenvalue weighted by Crippen LogP contribution is 2.32. The number of aromatic amines is 1. The second kappa shape index (κ2) is 6.52. The van der Waals surface area contributed by atoms with Crippen LogP contribution in [0.5, 0.6) is 0 Å². The monoisotopic (exact) mass is 340 g/mol. The van der Waals surface area contributed by atoms with Gasteiger partial charge in [0.2, 0.25) is 0 Å². The summed E-state index contributed by atoms with van der Waals surface area (Å²) < 4.78 is 2.26. The number of hydrogen-bond donors (Lipinski definition) is 1. The van der Waals surface area contributed by atoms with Gasteiger partial charge in [-0.15, -0.1) is 0 Å². The quantitative estimate of drug-likeness (QED) is 0.420. The molecule has 0 fully saturated rings. The third-order valence-electron chi connectivity index (χ3n) is 4.60. The van der Waals surface area contributed by atoms with E-state index in [1.54, 1.807) is 6.20 Å². The number of H-pyrrole nitrogens is 1. The first-order valence-corrected chi connectivity index (χ1v) is 8.93. The Kier molecular flexibility index (Phi) is 4.05. The number of pyridine rings is 1. The van der Waals surface area contributed by atoms with Gasteiger partial charge in [0.25, 0.3) is 5.56 Å². The Labute approximate surface area is 151 Å². The van der Waals surface area contributed by atoms with E-state index < -0.39 is 0 Å². The highest BCUT2D eigenvalue weighted by atomic mass is 16.1. The molecule has 0 saturated carbocycles. The third-order valence-corrected chi connectivity index (χ3v) is 4.60. The minimum Gasteiger partial charge on any atom is -0.329 e. The zero-order valence-electron chi connectivity index (χ0n) is 14.9. The van der Waals surface area contributed by atoms with Crippen molar-refractivity contribution in [2.24, 2.45) is 0 Å². The molecule has 3 nitrogen and oxygen atoms in total. The maximum absolute atomic E-state index is 11.9. The maximum atomic E-state index is 11.9. The van der Waals surface area contributed by atoms with Crippen LogP contribution in [0.2, 0.25) is 0 Å². The number of para-hydroxylation sites is 2. The predicted octanol–water partition coefficient (Wildman–Crippen LogP) is 5.65. The Hall–Kier alpha value is -3.33. The number of nitrogens with one attached hydrogen (secondary N) is 1. The van der Waals surface area contributed by atoms with E-state index in [0.717, 1.165) is 11.1 Å². The van der Waals surface area contributed by atoms with Crippen LogP contribution in [-0.4, -0.2) is 9.55 Å². The van der Waals surface area contributed by atoms with Gasteiger partial charge in [-0.25, -0.2) is 0 Å². The molecule has 3 aromatic carbocycles. The van der Waals surface area contributed by atoms with Crippen LogP contribution in [0, 0.1) is 0 Å². The molecule has 0 aliphatic heterocycles. The summed E-state index contributed by atoms with van der Waals surface area (Å²) in [4.78, 5) is 14.7. The highest BCUT2D eigenvalue weighted by Gasteiger charge is 2.11. The van der Waals surface area contributed by atoms with Gasteiger partial charge in [-0.1, -0.05) is 50.2 Å². The van der Waals surface area contributed by atoms with Crippen molar-refractivity contribution in [3.05, 3.63) is 89.3 Å². The molecule has 0 unspecified atom stereocenters. The van der Waals surface area contributed by atoms with Crippen molar-refractivity contribution in [3.8, 4) is 5.69 Å². The fourth-order valence-corrected chi connectivity index (χ4v) is 3.52. The number of nitrogens with zero attached hydrogens (tertiary/aromatic N) is 1. The molecule has 0 aliphatic rings. The van der Waals surface area contributed by atoms with Gasteiger partial charge in [0.05, 0.1) is 11.0 Å². The van der Waals surface area contributed by atoms with E-state index in [-0.39, 0.29) is 5.56 Å². The SMILES string of the molecule is CC.O=c1[nH]ccc2cc(-n3c4ccccc4c4ccccc43)ccc12. The van der Waals surface area contributed by atoms with Crippen molar-refractivity contribution in [2.45, 2.75) is 13.8 Å². The summed E-state index contributed by atoms with van der Waals surface area (Å²) in [5, 5.41) is 4.12. The largest absolute Gasteiger partial charge is 0.329 e. The summed E-state index contributed by atoms with van der Waals surface area (Å²) in [7, 11) is 0. The zero-order chi connectivity index (χ0) is 18.1. The lowest BCUT2D eigenvalue weighted by molar-refractivity contribution is 1.18. The van der Waals surface area contributed by atoms with E-state index in [9.17, 15) is 4.79 Å². The lowest BCUT2D eigenvalue weighted by Crippen LogP contribution is -2.04. The van der Waals surface area contributed by atoms with Crippen LogP contribution in [0.3, 0.4) is 0 Å². The molecule has 3 heteroatoms. The van der Waals surface area contributed by atoms with Gasteiger partial charge < -0.3 is 9.55 Å². The van der Waals surface area contributed by atoms with Gasteiger partial charge in [0.15, 0.2) is 0 Å². The van der Waals surface area contributed by atoms with Crippen LogP contribution >= 0.6 is 0 Å². The van der Waals surface area contributed by atoms with Gasteiger partial charge >= 0.3 is 0 Å². The van der Waals surface area contributed by atoms with Crippen LogP contribution in [0.15, 0.2) is 83.8 Å². The van der Waals surface area contributed by atoms with Crippen LogP contribution < -0.4 is 5.56 Å². The topological polar surface area (TPSA) is 37.8 Å². The molecule has 0 spiro atoms. The molecule has 128 valence electrons. The molecule has 1 N–H and O–H groups in total. The smallest absolute Gasteiger partial charge is 0.255 e. The first kappa shape index (κ1) is 16.2. The number of hydrogen-bond acceptors (Lipinski definition) is 1. The molecule has 0 saturated heterocycles. The molecule has 5 rings (SSSR count). The van der Waals surface area contributed by atoms with Gasteiger partial charge in [0.1, 0.15) is 0 Å². The molecule has 2 aromatic heterocycles. The fourth-order valence-electron chi connectivity index (χ4n) is 3.52. The van der Waals surface area contributed by atoms with E-state index in [1.165, 1.54) is 21.8 Å². The van der Waals surface area contributed by atoms with Gasteiger partial charge in [-0.3, -0.25) is 4.79 Å². The fraction of sp³-hybridized carbons (Fsp3) is 0.0870. The van der Waals surface area contributed by atoms with Crippen molar-refractivity contribution in [2.75, 3.05) is 0 Å². The standard InChI is InChI=1S/C21H14N2O.C2H6/c24-21-16-10-9-15(13-14(16)11-12-22-21)23-19-7-3-1-5-17(19)18-6-2-4-8-20(18)23;1-2/h1-13H,(H,22,24);1-2H3. The molecular formula is C23H20N2O. The summed E-state index contributed by atoms with van der Waals surface area (Å²) in [6, 6.07) is 24.8. The number of fused-ring (bicyclic) bond motifs is 4. The Bertz CT molecular complexity index is 1220. The summed E-state index contributed by atoms with van der Waals surface area (Å²) in [6.07, 6.45) is 1.69. The van der Waals surface area contributed by atoms with E-state index >= 15 is 0 Å². The Balaban J connectivity index is 0.000000814. The number of rotatable bonds is 1. The maximum Gasteiger partial charge on any atom is 0.255 e. The van der Waals surface area contributed by atoms with E-state index in [0.29, 0.717) is 5.39 Å². The normalized spacial score (nSPS) is 10.8. The molecule has 26 heavy (non-hydrogen) atoms. The van der Waals surface area contributed by atoms with Crippen LogP contribution in [0.25, 0.3) is 38.3 Å². The molecule has 2 heterocycles. The Morgan fingerprint density at radius 3 is 2.00 bits per heavy atom. The Morgan fingerprint density at radius 1 is 0.731 bits per heavy atom. The lowest BCUT2D eigenvalue weighted by atomic mass is 10.1. The summed E-state index contributed by atoms with van der Waals surface area (Å²) in [6.45, 7) is 4.00. The van der Waals surface area contributed by atoms with E-state index in [1.807, 2.05) is 32.0 Å². The molecule has 0 aliphatic carbocycles. The van der Waals surface area contributed by atoms with Crippen molar-refractivity contribution in [1.29, 1.82) is 0 Å². The van der Waals surface area contributed by atoms with Crippen molar-refractivity contribution in [3.63, 3.8) is 0 Å². The van der Waals surface area contributed by atoms with Crippen LogP contribution in [0.4, 0.5) is 0 Å². The molecule has 5 aromatic rings. The molecule has 0 amide bonds. The first-order valence-electron chi connectivity index (χ1n) is 8.93. The molecular weight excluding hydrogens is 320 g/mol. The highest BCUT2D eigenvalue weighted by molar-refractivity contribution is 6.09. The minimum atomic E-state index is -0.0544. The predicted molar refractivity (Wildman–Crippen MR) is 110 cm³/mol. The van der Waals surface area contributed by atoms with E-state index in [2.05, 4.69) is 64.1 Å².